The van der Waals surface area contributed by atoms with Crippen LogP contribution in [-0.4, -0.2) is 36.5 Å². The maximum atomic E-state index is 13.5. The first-order valence-corrected chi connectivity index (χ1v) is 8.45. The molecule has 2 heterocycles. The number of hydrogen-bond donors (Lipinski definition) is 0. The Bertz CT molecular complexity index is 1190. The smallest absolute Gasteiger partial charge is 0.332 e. The van der Waals surface area contributed by atoms with Gasteiger partial charge in [-0.1, -0.05) is 6.07 Å². The van der Waals surface area contributed by atoms with Gasteiger partial charge in [-0.05, 0) is 24.6 Å². The zero-order valence-electron chi connectivity index (χ0n) is 15.8. The van der Waals surface area contributed by atoms with Crippen LogP contribution in [0.4, 0.5) is 8.78 Å². The van der Waals surface area contributed by atoms with Crippen molar-refractivity contribution in [1.82, 2.24) is 23.6 Å². The van der Waals surface area contributed by atoms with E-state index >= 15 is 0 Å². The molecule has 2 aromatic heterocycles. The summed E-state index contributed by atoms with van der Waals surface area (Å²) in [5, 5.41) is 0. The van der Waals surface area contributed by atoms with Crippen LogP contribution in [0.3, 0.4) is 0 Å². The molecule has 0 aliphatic rings. The van der Waals surface area contributed by atoms with Gasteiger partial charge in [0.15, 0.2) is 22.8 Å². The van der Waals surface area contributed by atoms with Crippen molar-refractivity contribution in [2.75, 3.05) is 7.05 Å². The minimum absolute atomic E-state index is 0.200. The SMILES string of the molecule is CC(c1ccc(F)c(F)c1)N(C)C(=O)Cn1c(=O)c2c(ncn2C)n(C)c1=O. The number of halogens is 2. The third kappa shape index (κ3) is 3.10. The quantitative estimate of drug-likeness (QED) is 0.663. The van der Waals surface area contributed by atoms with Crippen LogP contribution >= 0.6 is 0 Å². The topological polar surface area (TPSA) is 82.1 Å². The first-order valence-electron chi connectivity index (χ1n) is 8.45. The standard InChI is InChI=1S/C18H19F2N5O3/c1-10(11-5-6-12(19)13(20)7-11)23(3)14(26)8-25-17(27)15-16(21-9-22(15)2)24(4)18(25)28/h5-7,9-10H,8H2,1-4H3. The summed E-state index contributed by atoms with van der Waals surface area (Å²) in [6.07, 6.45) is 1.41. The molecule has 10 heteroatoms. The van der Waals surface area contributed by atoms with Gasteiger partial charge in [0.2, 0.25) is 5.91 Å². The van der Waals surface area contributed by atoms with Gasteiger partial charge < -0.3 is 9.47 Å². The Morgan fingerprint density at radius 2 is 1.89 bits per heavy atom. The van der Waals surface area contributed by atoms with Crippen molar-refractivity contribution < 1.29 is 13.6 Å². The van der Waals surface area contributed by atoms with Crippen molar-refractivity contribution in [3.05, 3.63) is 62.6 Å². The molecular formula is C18H19F2N5O3. The average molecular weight is 391 g/mol. The van der Waals surface area contributed by atoms with Crippen molar-refractivity contribution in [3.8, 4) is 0 Å². The van der Waals surface area contributed by atoms with Crippen molar-refractivity contribution in [1.29, 1.82) is 0 Å². The molecule has 3 rings (SSSR count). The van der Waals surface area contributed by atoms with Crippen LogP contribution < -0.4 is 11.2 Å². The van der Waals surface area contributed by atoms with Gasteiger partial charge in [-0.3, -0.25) is 14.2 Å². The molecule has 0 aliphatic carbocycles. The molecule has 0 bridgehead atoms. The molecule has 0 N–H and O–H groups in total. The maximum absolute atomic E-state index is 13.5. The van der Waals surface area contributed by atoms with E-state index in [9.17, 15) is 23.2 Å². The number of carbonyl (C=O) groups excluding carboxylic acids is 1. The van der Waals surface area contributed by atoms with E-state index in [4.69, 9.17) is 0 Å². The second kappa shape index (κ2) is 7.02. The summed E-state index contributed by atoms with van der Waals surface area (Å²) in [6, 6.07) is 2.77. The molecule has 0 aliphatic heterocycles. The highest BCUT2D eigenvalue weighted by molar-refractivity contribution is 5.77. The van der Waals surface area contributed by atoms with Crippen LogP contribution in [0.15, 0.2) is 34.1 Å². The molecule has 0 fully saturated rings. The zero-order valence-corrected chi connectivity index (χ0v) is 15.8. The van der Waals surface area contributed by atoms with Crippen molar-refractivity contribution in [3.63, 3.8) is 0 Å². The van der Waals surface area contributed by atoms with Gasteiger partial charge in [-0.25, -0.2) is 23.1 Å². The molecule has 0 radical (unpaired) electrons. The van der Waals surface area contributed by atoms with E-state index in [1.54, 1.807) is 14.0 Å². The van der Waals surface area contributed by atoms with Gasteiger partial charge in [-0.15, -0.1) is 0 Å². The Morgan fingerprint density at radius 3 is 2.54 bits per heavy atom. The monoisotopic (exact) mass is 391 g/mol. The van der Waals surface area contributed by atoms with E-state index in [2.05, 4.69) is 4.98 Å². The largest absolute Gasteiger partial charge is 0.337 e. The lowest BCUT2D eigenvalue weighted by atomic mass is 10.1. The molecule has 8 nitrogen and oxygen atoms in total. The Labute approximate surface area is 158 Å². The highest BCUT2D eigenvalue weighted by Crippen LogP contribution is 2.21. The fourth-order valence-corrected chi connectivity index (χ4v) is 2.99. The fraction of sp³-hybridized carbons (Fsp3) is 0.333. The van der Waals surface area contributed by atoms with E-state index < -0.39 is 41.4 Å². The number of hydrogen-bond acceptors (Lipinski definition) is 4. The summed E-state index contributed by atoms with van der Waals surface area (Å²) in [7, 11) is 4.54. The number of fused-ring (bicyclic) bond motifs is 1. The van der Waals surface area contributed by atoms with Gasteiger partial charge in [0.25, 0.3) is 5.56 Å². The Kier molecular flexibility index (Phi) is 4.88. The molecule has 1 aromatic carbocycles. The summed E-state index contributed by atoms with van der Waals surface area (Å²) in [6.45, 7) is 1.15. The van der Waals surface area contributed by atoms with Crippen LogP contribution in [0.1, 0.15) is 18.5 Å². The van der Waals surface area contributed by atoms with E-state index in [1.165, 1.54) is 40.5 Å². The van der Waals surface area contributed by atoms with E-state index in [-0.39, 0.29) is 11.2 Å². The first-order chi connectivity index (χ1) is 13.1. The molecule has 1 amide bonds. The average Bonchev–Trinajstić information content (AvgIpc) is 3.06. The van der Waals surface area contributed by atoms with Crippen molar-refractivity contribution in [2.45, 2.75) is 19.5 Å². The number of aromatic nitrogens is 4. The lowest BCUT2D eigenvalue weighted by molar-refractivity contribution is -0.132. The Hall–Kier alpha value is -3.30. The van der Waals surface area contributed by atoms with Crippen LogP contribution in [0.2, 0.25) is 0 Å². The number of aryl methyl sites for hydroxylation is 2. The summed E-state index contributed by atoms with van der Waals surface area (Å²) in [5.74, 6) is -2.53. The van der Waals surface area contributed by atoms with Crippen molar-refractivity contribution in [2.24, 2.45) is 14.1 Å². The number of rotatable bonds is 4. The van der Waals surface area contributed by atoms with Crippen LogP contribution in [0.25, 0.3) is 11.2 Å². The molecule has 0 saturated heterocycles. The lowest BCUT2D eigenvalue weighted by Gasteiger charge is -2.25. The number of nitrogens with zero attached hydrogens (tertiary/aromatic N) is 5. The molecule has 0 saturated carbocycles. The second-order valence-corrected chi connectivity index (χ2v) is 6.61. The second-order valence-electron chi connectivity index (χ2n) is 6.61. The number of amides is 1. The number of likely N-dealkylation sites (N-methyl/N-ethyl adjacent to an activating group) is 1. The summed E-state index contributed by atoms with van der Waals surface area (Å²) >= 11 is 0. The van der Waals surface area contributed by atoms with E-state index in [0.29, 0.717) is 5.56 Å². The van der Waals surface area contributed by atoms with Crippen molar-refractivity contribution >= 4 is 17.1 Å². The van der Waals surface area contributed by atoms with E-state index in [0.717, 1.165) is 16.7 Å². The maximum Gasteiger partial charge on any atom is 0.332 e. The highest BCUT2D eigenvalue weighted by atomic mass is 19.2. The van der Waals surface area contributed by atoms with Gasteiger partial charge in [-0.2, -0.15) is 0 Å². The molecule has 28 heavy (non-hydrogen) atoms. The fourth-order valence-electron chi connectivity index (χ4n) is 2.99. The Balaban J connectivity index is 1.94. The van der Waals surface area contributed by atoms with Gasteiger partial charge in [0, 0.05) is 21.1 Å². The highest BCUT2D eigenvalue weighted by Gasteiger charge is 2.22. The van der Waals surface area contributed by atoms with Gasteiger partial charge >= 0.3 is 5.69 Å². The number of imidazole rings is 1. The van der Waals surface area contributed by atoms with E-state index in [1.807, 2.05) is 0 Å². The lowest BCUT2D eigenvalue weighted by Crippen LogP contribution is -2.44. The third-order valence-electron chi connectivity index (χ3n) is 4.89. The molecule has 0 spiro atoms. The zero-order chi connectivity index (χ0) is 20.7. The molecule has 1 atom stereocenters. The number of carbonyl (C=O) groups is 1. The molecule has 148 valence electrons. The first kappa shape index (κ1) is 19.5. The molecular weight excluding hydrogens is 372 g/mol. The van der Waals surface area contributed by atoms with Gasteiger partial charge in [0.1, 0.15) is 6.54 Å². The Morgan fingerprint density at radius 1 is 1.21 bits per heavy atom. The van der Waals surface area contributed by atoms with Crippen LogP contribution in [0.5, 0.6) is 0 Å². The normalized spacial score (nSPS) is 12.4. The summed E-state index contributed by atoms with van der Waals surface area (Å²) < 4.78 is 30.1. The number of benzene rings is 1. The van der Waals surface area contributed by atoms with Crippen LogP contribution in [0, 0.1) is 11.6 Å². The van der Waals surface area contributed by atoms with Crippen LogP contribution in [-0.2, 0) is 25.4 Å². The molecule has 1 unspecified atom stereocenters. The predicted octanol–water partition coefficient (Wildman–Crippen LogP) is 0.931. The molecule has 3 aromatic rings. The summed E-state index contributed by atoms with van der Waals surface area (Å²) in [5.41, 5.74) is -0.480. The predicted molar refractivity (Wildman–Crippen MR) is 97.8 cm³/mol. The minimum Gasteiger partial charge on any atom is -0.337 e. The minimum atomic E-state index is -1.02. The van der Waals surface area contributed by atoms with Gasteiger partial charge in [0.05, 0.1) is 12.4 Å². The summed E-state index contributed by atoms with van der Waals surface area (Å²) in [4.78, 5) is 43.2. The third-order valence-corrected chi connectivity index (χ3v) is 4.89.